The van der Waals surface area contributed by atoms with Crippen molar-refractivity contribution in [3.63, 3.8) is 0 Å². The fourth-order valence-electron chi connectivity index (χ4n) is 2.13. The molecule has 0 bridgehead atoms. The molecule has 0 aliphatic carbocycles. The summed E-state index contributed by atoms with van der Waals surface area (Å²) in [6.07, 6.45) is 2.50. The molecule has 0 aromatic carbocycles. The van der Waals surface area contributed by atoms with Crippen LogP contribution in [0.25, 0.3) is 0 Å². The first kappa shape index (κ1) is 15.9. The smallest absolute Gasteiger partial charge is 0.341 e. The van der Waals surface area contributed by atoms with Gasteiger partial charge in [-0.15, -0.1) is 0 Å². The number of esters is 1. The van der Waals surface area contributed by atoms with E-state index in [1.807, 2.05) is 6.07 Å². The highest BCUT2D eigenvalue weighted by Gasteiger charge is 2.18. The Bertz CT molecular complexity index is 642. The van der Waals surface area contributed by atoms with Gasteiger partial charge in [0, 0.05) is 19.9 Å². The molecule has 0 saturated carbocycles. The summed E-state index contributed by atoms with van der Waals surface area (Å²) in [7, 11) is 3.01. The van der Waals surface area contributed by atoms with Gasteiger partial charge >= 0.3 is 5.97 Å². The fraction of sp³-hybridized carbons (Fsp3) is 0.375. The molecule has 2 rings (SSSR count). The van der Waals surface area contributed by atoms with E-state index in [1.165, 1.54) is 7.11 Å². The maximum Gasteiger partial charge on any atom is 0.341 e. The summed E-state index contributed by atoms with van der Waals surface area (Å²) in [6, 6.07) is 5.24. The zero-order valence-corrected chi connectivity index (χ0v) is 12.9. The number of amides is 1. The van der Waals surface area contributed by atoms with Crippen molar-refractivity contribution in [1.29, 1.82) is 0 Å². The molecular weight excluding hydrogens is 286 g/mol. The van der Waals surface area contributed by atoms with Gasteiger partial charge in [0.15, 0.2) is 0 Å². The van der Waals surface area contributed by atoms with Crippen LogP contribution in [0.2, 0.25) is 0 Å². The lowest BCUT2D eigenvalue weighted by Gasteiger charge is -2.15. The van der Waals surface area contributed by atoms with Crippen molar-refractivity contribution < 1.29 is 23.2 Å². The van der Waals surface area contributed by atoms with E-state index in [9.17, 15) is 9.59 Å². The topological polar surface area (TPSA) is 72.9 Å². The lowest BCUT2D eigenvalue weighted by Crippen LogP contribution is -2.26. The molecule has 2 aromatic rings. The van der Waals surface area contributed by atoms with Gasteiger partial charge in [0.25, 0.3) is 0 Å². The molecular formula is C16H19NO5. The predicted molar refractivity (Wildman–Crippen MR) is 78.3 cm³/mol. The largest absolute Gasteiger partial charge is 0.469 e. The van der Waals surface area contributed by atoms with Crippen molar-refractivity contribution in [1.82, 2.24) is 4.90 Å². The average Bonchev–Trinajstić information content (AvgIpc) is 3.13. The second-order valence-corrected chi connectivity index (χ2v) is 5.00. The third-order valence-corrected chi connectivity index (χ3v) is 3.36. The van der Waals surface area contributed by atoms with Crippen LogP contribution in [-0.4, -0.2) is 30.9 Å². The van der Waals surface area contributed by atoms with Crippen LogP contribution in [0.15, 0.2) is 33.3 Å². The number of rotatable bonds is 6. The first-order valence-corrected chi connectivity index (χ1v) is 6.95. The number of hydrogen-bond donors (Lipinski definition) is 0. The van der Waals surface area contributed by atoms with E-state index in [1.54, 1.807) is 37.3 Å². The molecule has 0 spiro atoms. The summed E-state index contributed by atoms with van der Waals surface area (Å²) in [5.74, 6) is 1.35. The lowest BCUT2D eigenvalue weighted by molar-refractivity contribution is -0.130. The normalized spacial score (nSPS) is 10.5. The van der Waals surface area contributed by atoms with Crippen LogP contribution >= 0.6 is 0 Å². The molecule has 0 atom stereocenters. The highest BCUT2D eigenvalue weighted by atomic mass is 16.5. The van der Waals surface area contributed by atoms with Crippen LogP contribution in [0.5, 0.6) is 0 Å². The maximum atomic E-state index is 12.1. The Morgan fingerprint density at radius 3 is 2.73 bits per heavy atom. The van der Waals surface area contributed by atoms with Crippen LogP contribution in [0.1, 0.15) is 34.1 Å². The molecule has 22 heavy (non-hydrogen) atoms. The first-order valence-electron chi connectivity index (χ1n) is 6.95. The van der Waals surface area contributed by atoms with E-state index in [0.717, 1.165) is 5.76 Å². The second kappa shape index (κ2) is 6.98. The van der Waals surface area contributed by atoms with Gasteiger partial charge in [-0.25, -0.2) is 4.79 Å². The zero-order valence-electron chi connectivity index (χ0n) is 12.9. The van der Waals surface area contributed by atoms with E-state index in [-0.39, 0.29) is 5.91 Å². The molecule has 0 aliphatic heterocycles. The maximum absolute atomic E-state index is 12.1. The molecule has 2 aromatic heterocycles. The summed E-state index contributed by atoms with van der Waals surface area (Å²) in [6.45, 7) is 1.99. The van der Waals surface area contributed by atoms with Crippen molar-refractivity contribution in [3.05, 3.63) is 47.3 Å². The Hall–Kier alpha value is -2.50. The summed E-state index contributed by atoms with van der Waals surface area (Å²) in [5.41, 5.74) is 0.383. The number of hydrogen-bond acceptors (Lipinski definition) is 5. The quantitative estimate of drug-likeness (QED) is 0.767. The van der Waals surface area contributed by atoms with Gasteiger partial charge in [-0.3, -0.25) is 4.79 Å². The van der Waals surface area contributed by atoms with Gasteiger partial charge in [-0.1, -0.05) is 0 Å². The van der Waals surface area contributed by atoms with Gasteiger partial charge in [0.1, 0.15) is 22.8 Å². The molecule has 6 heteroatoms. The molecule has 0 saturated heterocycles. The van der Waals surface area contributed by atoms with Gasteiger partial charge in [0.2, 0.25) is 5.91 Å². The van der Waals surface area contributed by atoms with Crippen molar-refractivity contribution in [2.75, 3.05) is 14.2 Å². The number of ether oxygens (including phenoxy) is 1. The highest BCUT2D eigenvalue weighted by molar-refractivity contribution is 5.90. The molecule has 0 radical (unpaired) electrons. The molecule has 0 N–H and O–H groups in total. The third kappa shape index (κ3) is 3.78. The Balaban J connectivity index is 1.92. The Labute approximate surface area is 128 Å². The number of furan rings is 2. The molecule has 2 heterocycles. The van der Waals surface area contributed by atoms with Crippen LogP contribution < -0.4 is 0 Å². The molecule has 1 amide bonds. The molecule has 118 valence electrons. The van der Waals surface area contributed by atoms with Crippen molar-refractivity contribution in [2.45, 2.75) is 26.3 Å². The van der Waals surface area contributed by atoms with Gasteiger partial charge < -0.3 is 18.5 Å². The van der Waals surface area contributed by atoms with Crippen LogP contribution in [0.4, 0.5) is 0 Å². The van der Waals surface area contributed by atoms with Crippen LogP contribution in [-0.2, 0) is 22.5 Å². The SMILES string of the molecule is COC(=O)c1cc(CN(C)C(=O)CCc2ccco2)oc1C. The fourth-order valence-corrected chi connectivity index (χ4v) is 2.13. The minimum absolute atomic E-state index is 0.0231. The number of nitrogens with zero attached hydrogens (tertiary/aromatic N) is 1. The number of aryl methyl sites for hydroxylation is 2. The van der Waals surface area contributed by atoms with Crippen molar-refractivity contribution >= 4 is 11.9 Å². The van der Waals surface area contributed by atoms with Crippen molar-refractivity contribution in [3.8, 4) is 0 Å². The average molecular weight is 305 g/mol. The van der Waals surface area contributed by atoms with Gasteiger partial charge in [-0.05, 0) is 25.1 Å². The van der Waals surface area contributed by atoms with E-state index >= 15 is 0 Å². The van der Waals surface area contributed by atoms with Crippen molar-refractivity contribution in [2.24, 2.45) is 0 Å². The number of carbonyl (C=O) groups excluding carboxylic acids is 2. The first-order chi connectivity index (χ1) is 10.5. The summed E-state index contributed by atoms with van der Waals surface area (Å²) >= 11 is 0. The van der Waals surface area contributed by atoms with Gasteiger partial charge in [0.05, 0.1) is 19.9 Å². The standard InChI is InChI=1S/C16H19NO5/c1-11-14(16(19)20-3)9-13(22-11)10-17(2)15(18)7-6-12-5-4-8-21-12/h4-5,8-9H,6-7,10H2,1-3H3. The molecule has 0 aliphatic rings. The minimum Gasteiger partial charge on any atom is -0.469 e. The van der Waals surface area contributed by atoms with E-state index in [0.29, 0.717) is 36.5 Å². The Morgan fingerprint density at radius 2 is 2.09 bits per heavy atom. The summed E-state index contributed by atoms with van der Waals surface area (Å²) < 4.78 is 15.4. The van der Waals surface area contributed by atoms with E-state index < -0.39 is 5.97 Å². The molecule has 6 nitrogen and oxygen atoms in total. The summed E-state index contributed by atoms with van der Waals surface area (Å²) in [5, 5.41) is 0. The van der Waals surface area contributed by atoms with E-state index in [4.69, 9.17) is 8.83 Å². The van der Waals surface area contributed by atoms with Crippen LogP contribution in [0.3, 0.4) is 0 Å². The Kier molecular flexibility index (Phi) is 5.04. The zero-order chi connectivity index (χ0) is 16.1. The van der Waals surface area contributed by atoms with Gasteiger partial charge in [-0.2, -0.15) is 0 Å². The molecule has 0 unspecified atom stereocenters. The van der Waals surface area contributed by atoms with Crippen LogP contribution in [0, 0.1) is 6.92 Å². The second-order valence-electron chi connectivity index (χ2n) is 5.00. The monoisotopic (exact) mass is 305 g/mol. The Morgan fingerprint density at radius 1 is 1.32 bits per heavy atom. The van der Waals surface area contributed by atoms with E-state index in [2.05, 4.69) is 4.74 Å². The number of methoxy groups -OCH3 is 1. The number of carbonyl (C=O) groups is 2. The molecule has 0 fully saturated rings. The predicted octanol–water partition coefficient (Wildman–Crippen LogP) is 2.56. The minimum atomic E-state index is -0.445. The lowest BCUT2D eigenvalue weighted by atomic mass is 10.2. The highest BCUT2D eigenvalue weighted by Crippen LogP contribution is 2.17. The third-order valence-electron chi connectivity index (χ3n) is 3.36. The summed E-state index contributed by atoms with van der Waals surface area (Å²) in [4.78, 5) is 25.2.